The van der Waals surface area contributed by atoms with Crippen molar-refractivity contribution in [2.45, 2.75) is 32.2 Å². The van der Waals surface area contributed by atoms with E-state index < -0.39 is 0 Å². The maximum Gasteiger partial charge on any atom is 0.141 e. The molecule has 0 saturated carbocycles. The fraction of sp³-hybridized carbons (Fsp3) is 0.571. The summed E-state index contributed by atoms with van der Waals surface area (Å²) in [5.74, 6) is 3.33. The highest BCUT2D eigenvalue weighted by molar-refractivity contribution is 7.98. The SMILES string of the molecule is CCc1nc(N2CCCC2CSC)c2ccsc2n1. The van der Waals surface area contributed by atoms with Crippen LogP contribution in [0.1, 0.15) is 25.6 Å². The molecule has 0 spiro atoms. The summed E-state index contributed by atoms with van der Waals surface area (Å²) in [6, 6.07) is 2.81. The molecule has 3 nitrogen and oxygen atoms in total. The zero-order valence-corrected chi connectivity index (χ0v) is 13.1. The van der Waals surface area contributed by atoms with Crippen molar-refractivity contribution in [3.05, 3.63) is 17.3 Å². The van der Waals surface area contributed by atoms with Gasteiger partial charge in [0.25, 0.3) is 0 Å². The van der Waals surface area contributed by atoms with E-state index in [1.54, 1.807) is 11.3 Å². The Morgan fingerprint density at radius 2 is 2.37 bits per heavy atom. The van der Waals surface area contributed by atoms with Crippen molar-refractivity contribution in [3.8, 4) is 0 Å². The van der Waals surface area contributed by atoms with Crippen LogP contribution < -0.4 is 4.90 Å². The van der Waals surface area contributed by atoms with Crippen molar-refractivity contribution in [3.63, 3.8) is 0 Å². The van der Waals surface area contributed by atoms with Crippen molar-refractivity contribution >= 4 is 39.1 Å². The first-order valence-electron chi connectivity index (χ1n) is 6.83. The van der Waals surface area contributed by atoms with Crippen LogP contribution in [0.2, 0.25) is 0 Å². The van der Waals surface area contributed by atoms with Crippen molar-refractivity contribution < 1.29 is 0 Å². The number of fused-ring (bicyclic) bond motifs is 1. The average Bonchev–Trinajstić information content (AvgIpc) is 3.06. The molecule has 3 heterocycles. The standard InChI is InChI=1S/C14H19N3S2/c1-3-12-15-13(11-6-8-19-14(11)16-12)17-7-4-5-10(17)9-18-2/h6,8,10H,3-5,7,9H2,1-2H3. The Labute approximate surface area is 122 Å². The van der Waals surface area contributed by atoms with E-state index in [0.717, 1.165) is 23.6 Å². The van der Waals surface area contributed by atoms with Gasteiger partial charge in [0.05, 0.1) is 5.39 Å². The first-order chi connectivity index (χ1) is 9.33. The van der Waals surface area contributed by atoms with Gasteiger partial charge in [0.15, 0.2) is 0 Å². The van der Waals surface area contributed by atoms with Crippen LogP contribution >= 0.6 is 23.1 Å². The second-order valence-electron chi connectivity index (χ2n) is 4.90. The zero-order valence-electron chi connectivity index (χ0n) is 11.4. The molecule has 2 aromatic rings. The quantitative estimate of drug-likeness (QED) is 0.861. The molecule has 5 heteroatoms. The van der Waals surface area contributed by atoms with Crippen molar-refractivity contribution in [2.75, 3.05) is 23.5 Å². The molecule has 1 aliphatic rings. The predicted octanol–water partition coefficient (Wildman–Crippen LogP) is 3.59. The molecule has 1 atom stereocenters. The number of aromatic nitrogens is 2. The second kappa shape index (κ2) is 5.67. The number of hydrogen-bond donors (Lipinski definition) is 0. The van der Waals surface area contributed by atoms with E-state index >= 15 is 0 Å². The molecule has 0 amide bonds. The normalized spacial score (nSPS) is 19.5. The topological polar surface area (TPSA) is 29.0 Å². The Balaban J connectivity index is 2.05. The fourth-order valence-corrected chi connectivity index (χ4v) is 4.25. The Kier molecular flexibility index (Phi) is 3.93. The summed E-state index contributed by atoms with van der Waals surface area (Å²) in [7, 11) is 0. The lowest BCUT2D eigenvalue weighted by molar-refractivity contribution is 0.736. The predicted molar refractivity (Wildman–Crippen MR) is 85.5 cm³/mol. The highest BCUT2D eigenvalue weighted by Crippen LogP contribution is 2.33. The molecule has 1 unspecified atom stereocenters. The molecule has 102 valence electrons. The van der Waals surface area contributed by atoms with Crippen LogP contribution in [0.3, 0.4) is 0 Å². The van der Waals surface area contributed by atoms with E-state index in [9.17, 15) is 0 Å². The number of rotatable bonds is 4. The van der Waals surface area contributed by atoms with E-state index in [1.165, 1.54) is 29.8 Å². The number of nitrogens with zero attached hydrogens (tertiary/aromatic N) is 3. The molecule has 3 rings (SSSR count). The van der Waals surface area contributed by atoms with Crippen LogP contribution in [0.25, 0.3) is 10.2 Å². The average molecular weight is 293 g/mol. The molecule has 2 aromatic heterocycles. The lowest BCUT2D eigenvalue weighted by atomic mass is 10.2. The van der Waals surface area contributed by atoms with Crippen LogP contribution in [-0.2, 0) is 6.42 Å². The molecule has 0 aliphatic carbocycles. The number of aryl methyl sites for hydroxylation is 1. The van der Waals surface area contributed by atoms with Gasteiger partial charge in [0.1, 0.15) is 16.5 Å². The molecule has 0 N–H and O–H groups in total. The lowest BCUT2D eigenvalue weighted by Gasteiger charge is -2.26. The van der Waals surface area contributed by atoms with Crippen molar-refractivity contribution in [1.82, 2.24) is 9.97 Å². The number of hydrogen-bond acceptors (Lipinski definition) is 5. The molecular formula is C14H19N3S2. The van der Waals surface area contributed by atoms with Gasteiger partial charge in [0, 0.05) is 24.8 Å². The summed E-state index contributed by atoms with van der Waals surface area (Å²) in [4.78, 5) is 13.1. The molecule has 1 fully saturated rings. The molecule has 1 saturated heterocycles. The van der Waals surface area contributed by atoms with Crippen LogP contribution in [-0.4, -0.2) is 34.6 Å². The Hall–Kier alpha value is -0.810. The van der Waals surface area contributed by atoms with Gasteiger partial charge in [0.2, 0.25) is 0 Å². The smallest absolute Gasteiger partial charge is 0.141 e. The summed E-state index contributed by atoms with van der Waals surface area (Å²) >= 11 is 3.65. The van der Waals surface area contributed by atoms with E-state index in [1.807, 2.05) is 11.8 Å². The molecule has 1 aliphatic heterocycles. The van der Waals surface area contributed by atoms with Crippen LogP contribution in [0, 0.1) is 0 Å². The van der Waals surface area contributed by atoms with Crippen LogP contribution in [0.5, 0.6) is 0 Å². The van der Waals surface area contributed by atoms with Gasteiger partial charge in [-0.15, -0.1) is 11.3 Å². The minimum atomic E-state index is 0.637. The summed E-state index contributed by atoms with van der Waals surface area (Å²) in [5.41, 5.74) is 0. The van der Waals surface area contributed by atoms with Gasteiger partial charge >= 0.3 is 0 Å². The summed E-state index contributed by atoms with van der Waals surface area (Å²) < 4.78 is 0. The third kappa shape index (κ3) is 2.46. The van der Waals surface area contributed by atoms with Gasteiger partial charge < -0.3 is 4.90 Å². The van der Waals surface area contributed by atoms with Crippen LogP contribution in [0.15, 0.2) is 11.4 Å². The van der Waals surface area contributed by atoms with Crippen molar-refractivity contribution in [2.24, 2.45) is 0 Å². The molecule has 19 heavy (non-hydrogen) atoms. The van der Waals surface area contributed by atoms with Gasteiger partial charge in [-0.25, -0.2) is 9.97 Å². The summed E-state index contributed by atoms with van der Waals surface area (Å²) in [6.07, 6.45) is 5.66. The summed E-state index contributed by atoms with van der Waals surface area (Å²) in [5, 5.41) is 3.36. The minimum Gasteiger partial charge on any atom is -0.352 e. The Morgan fingerprint density at radius 1 is 1.47 bits per heavy atom. The van der Waals surface area contributed by atoms with Crippen molar-refractivity contribution in [1.29, 1.82) is 0 Å². The summed E-state index contributed by atoms with van der Waals surface area (Å²) in [6.45, 7) is 3.26. The van der Waals surface area contributed by atoms with Gasteiger partial charge in [-0.1, -0.05) is 6.92 Å². The minimum absolute atomic E-state index is 0.637. The maximum absolute atomic E-state index is 4.82. The third-order valence-corrected chi connectivity index (χ3v) is 5.20. The first kappa shape index (κ1) is 13.2. The number of anilines is 1. The zero-order chi connectivity index (χ0) is 13.2. The first-order valence-corrected chi connectivity index (χ1v) is 9.10. The molecule has 0 aromatic carbocycles. The van der Waals surface area contributed by atoms with Gasteiger partial charge in [-0.2, -0.15) is 11.8 Å². The van der Waals surface area contributed by atoms with E-state index in [4.69, 9.17) is 4.98 Å². The van der Waals surface area contributed by atoms with E-state index in [2.05, 4.69) is 34.5 Å². The molecule has 0 radical (unpaired) electrons. The second-order valence-corrected chi connectivity index (χ2v) is 6.71. The maximum atomic E-state index is 4.82. The number of thioether (sulfide) groups is 1. The lowest BCUT2D eigenvalue weighted by Crippen LogP contribution is -2.32. The highest BCUT2D eigenvalue weighted by Gasteiger charge is 2.27. The third-order valence-electron chi connectivity index (χ3n) is 3.68. The van der Waals surface area contributed by atoms with Crippen LogP contribution in [0.4, 0.5) is 5.82 Å². The van der Waals surface area contributed by atoms with E-state index in [-0.39, 0.29) is 0 Å². The van der Waals surface area contributed by atoms with Gasteiger partial charge in [-0.05, 0) is 30.5 Å². The van der Waals surface area contributed by atoms with Gasteiger partial charge in [-0.3, -0.25) is 0 Å². The van der Waals surface area contributed by atoms with E-state index in [0.29, 0.717) is 6.04 Å². The fourth-order valence-electron chi connectivity index (χ4n) is 2.74. The monoisotopic (exact) mass is 293 g/mol. The molecular weight excluding hydrogens is 274 g/mol. The number of thiophene rings is 1. The Bertz CT molecular complexity index is 567. The highest BCUT2D eigenvalue weighted by atomic mass is 32.2. The molecule has 0 bridgehead atoms. The Morgan fingerprint density at radius 3 is 3.16 bits per heavy atom. The largest absolute Gasteiger partial charge is 0.352 e.